The number of aromatic nitrogens is 3. The molecule has 1 heterocycles. The molecule has 1 atom stereocenters. The number of para-hydroxylation sites is 2. The maximum absolute atomic E-state index is 12.3. The number of aryl methyl sites for hydroxylation is 1. The molecule has 0 aliphatic carbocycles. The van der Waals surface area contributed by atoms with E-state index in [1.54, 1.807) is 0 Å². The summed E-state index contributed by atoms with van der Waals surface area (Å²) in [6, 6.07) is 17.9. The lowest BCUT2D eigenvalue weighted by Gasteiger charge is -2.17. The van der Waals surface area contributed by atoms with Crippen molar-refractivity contribution in [2.45, 2.75) is 45.5 Å². The first-order chi connectivity index (χ1) is 14.5. The van der Waals surface area contributed by atoms with Gasteiger partial charge in [0.05, 0.1) is 5.75 Å². The molecule has 0 saturated heterocycles. The normalized spacial score (nSPS) is 12.0. The molecule has 1 amide bonds. The van der Waals surface area contributed by atoms with Crippen molar-refractivity contribution in [2.24, 2.45) is 5.92 Å². The Hall–Kier alpha value is -2.80. The van der Waals surface area contributed by atoms with Crippen molar-refractivity contribution >= 4 is 17.7 Å². The fourth-order valence-corrected chi connectivity index (χ4v) is 3.56. The van der Waals surface area contributed by atoms with Crippen LogP contribution in [0.5, 0.6) is 5.75 Å². The third-order valence-electron chi connectivity index (χ3n) is 4.89. The number of nitrogens with zero attached hydrogens (tertiary/aromatic N) is 3. The van der Waals surface area contributed by atoms with Gasteiger partial charge >= 0.3 is 0 Å². The summed E-state index contributed by atoms with van der Waals surface area (Å²) in [6.07, 6.45) is 0. The van der Waals surface area contributed by atoms with Crippen LogP contribution >= 0.6 is 11.8 Å². The van der Waals surface area contributed by atoms with E-state index in [0.29, 0.717) is 16.9 Å². The third kappa shape index (κ3) is 5.63. The van der Waals surface area contributed by atoms with E-state index >= 15 is 0 Å². The van der Waals surface area contributed by atoms with Crippen molar-refractivity contribution in [3.63, 3.8) is 0 Å². The molecule has 1 unspecified atom stereocenters. The van der Waals surface area contributed by atoms with E-state index < -0.39 is 0 Å². The number of thioether (sulfide) groups is 1. The van der Waals surface area contributed by atoms with Gasteiger partial charge in [-0.15, -0.1) is 10.2 Å². The molecule has 0 aliphatic rings. The predicted molar refractivity (Wildman–Crippen MR) is 120 cm³/mol. The van der Waals surface area contributed by atoms with Gasteiger partial charge in [0.2, 0.25) is 5.91 Å². The Morgan fingerprint density at radius 1 is 1.07 bits per heavy atom. The standard InChI is InChI=1S/C23H28N4O2S/c1-16(2)18(4)24-22(28)15-30-23-26-25-21(27(23)19-11-6-5-7-12-19)14-29-20-13-9-8-10-17(20)3/h5-13,16,18H,14-15H2,1-4H3,(H,24,28). The van der Waals surface area contributed by atoms with E-state index in [2.05, 4.69) is 29.4 Å². The van der Waals surface area contributed by atoms with Crippen molar-refractivity contribution in [1.82, 2.24) is 20.1 Å². The molecule has 3 aromatic rings. The van der Waals surface area contributed by atoms with Crippen molar-refractivity contribution < 1.29 is 9.53 Å². The number of nitrogens with one attached hydrogen (secondary N) is 1. The second-order valence-electron chi connectivity index (χ2n) is 7.51. The average molecular weight is 425 g/mol. The highest BCUT2D eigenvalue weighted by molar-refractivity contribution is 7.99. The maximum Gasteiger partial charge on any atom is 0.230 e. The molecule has 0 spiro atoms. The fraction of sp³-hybridized carbons (Fsp3) is 0.348. The second kappa shape index (κ2) is 10.3. The highest BCUT2D eigenvalue weighted by Crippen LogP contribution is 2.24. The van der Waals surface area contributed by atoms with Gasteiger partial charge in [-0.25, -0.2) is 0 Å². The Labute approximate surface area is 182 Å². The summed E-state index contributed by atoms with van der Waals surface area (Å²) in [5.74, 6) is 2.15. The molecular formula is C23H28N4O2S. The number of carbonyl (C=O) groups excluding carboxylic acids is 1. The zero-order valence-corrected chi connectivity index (χ0v) is 18.6. The van der Waals surface area contributed by atoms with Crippen LogP contribution in [0.25, 0.3) is 5.69 Å². The largest absolute Gasteiger partial charge is 0.485 e. The summed E-state index contributed by atoms with van der Waals surface area (Å²) in [5, 5.41) is 12.4. The Morgan fingerprint density at radius 3 is 2.47 bits per heavy atom. The van der Waals surface area contributed by atoms with Crippen molar-refractivity contribution in [3.05, 3.63) is 66.0 Å². The summed E-state index contributed by atoms with van der Waals surface area (Å²) in [7, 11) is 0. The predicted octanol–water partition coefficient (Wildman–Crippen LogP) is 4.41. The number of hydrogen-bond donors (Lipinski definition) is 1. The minimum atomic E-state index is -0.0125. The fourth-order valence-electron chi connectivity index (χ4n) is 2.78. The first-order valence-corrected chi connectivity index (χ1v) is 11.0. The van der Waals surface area contributed by atoms with E-state index in [0.717, 1.165) is 17.0 Å². The average Bonchev–Trinajstić information content (AvgIpc) is 3.15. The molecule has 1 aromatic heterocycles. The van der Waals surface area contributed by atoms with Gasteiger partial charge in [-0.05, 0) is 43.5 Å². The van der Waals surface area contributed by atoms with E-state index in [1.165, 1.54) is 11.8 Å². The van der Waals surface area contributed by atoms with Crippen LogP contribution in [0.3, 0.4) is 0 Å². The maximum atomic E-state index is 12.3. The van der Waals surface area contributed by atoms with Crippen LogP contribution in [0, 0.1) is 12.8 Å². The van der Waals surface area contributed by atoms with Gasteiger partial charge < -0.3 is 10.1 Å². The molecule has 0 radical (unpaired) electrons. The lowest BCUT2D eigenvalue weighted by atomic mass is 10.1. The Morgan fingerprint density at radius 2 is 1.77 bits per heavy atom. The summed E-state index contributed by atoms with van der Waals surface area (Å²) in [5.41, 5.74) is 2.00. The highest BCUT2D eigenvalue weighted by Gasteiger charge is 2.18. The molecule has 7 heteroatoms. The zero-order valence-electron chi connectivity index (χ0n) is 17.8. The van der Waals surface area contributed by atoms with Crippen molar-refractivity contribution in [3.8, 4) is 11.4 Å². The molecule has 0 fully saturated rings. The molecule has 1 N–H and O–H groups in total. The number of ether oxygens (including phenoxy) is 1. The number of rotatable bonds is 9. The van der Waals surface area contributed by atoms with E-state index in [4.69, 9.17) is 4.74 Å². The molecule has 3 rings (SSSR count). The quantitative estimate of drug-likeness (QED) is 0.516. The van der Waals surface area contributed by atoms with Crippen LogP contribution in [-0.4, -0.2) is 32.5 Å². The second-order valence-corrected chi connectivity index (χ2v) is 8.46. The van der Waals surface area contributed by atoms with Gasteiger partial charge in [-0.3, -0.25) is 9.36 Å². The van der Waals surface area contributed by atoms with Crippen LogP contribution in [0.15, 0.2) is 59.8 Å². The topological polar surface area (TPSA) is 69.0 Å². The smallest absolute Gasteiger partial charge is 0.230 e. The van der Waals surface area contributed by atoms with Gasteiger partial charge in [0.1, 0.15) is 12.4 Å². The van der Waals surface area contributed by atoms with E-state index in [9.17, 15) is 4.79 Å². The van der Waals surface area contributed by atoms with Gasteiger partial charge in [-0.1, -0.05) is 62.0 Å². The Kier molecular flexibility index (Phi) is 7.52. The van der Waals surface area contributed by atoms with Gasteiger partial charge in [0.25, 0.3) is 0 Å². The molecule has 30 heavy (non-hydrogen) atoms. The summed E-state index contributed by atoms with van der Waals surface area (Å²) in [6.45, 7) is 8.48. The number of benzene rings is 2. The van der Waals surface area contributed by atoms with E-state index in [-0.39, 0.29) is 24.3 Å². The van der Waals surface area contributed by atoms with Crippen LogP contribution < -0.4 is 10.1 Å². The summed E-state index contributed by atoms with van der Waals surface area (Å²) < 4.78 is 7.94. The first-order valence-electron chi connectivity index (χ1n) is 10.1. The van der Waals surface area contributed by atoms with Gasteiger partial charge in [0.15, 0.2) is 11.0 Å². The molecule has 158 valence electrons. The zero-order chi connectivity index (χ0) is 21.5. The SMILES string of the molecule is Cc1ccccc1OCc1nnc(SCC(=O)NC(C)C(C)C)n1-c1ccccc1. The highest BCUT2D eigenvalue weighted by atomic mass is 32.2. The molecule has 2 aromatic carbocycles. The summed E-state index contributed by atoms with van der Waals surface area (Å²) >= 11 is 1.37. The summed E-state index contributed by atoms with van der Waals surface area (Å²) in [4.78, 5) is 12.3. The number of hydrogen-bond acceptors (Lipinski definition) is 5. The first kappa shape index (κ1) is 21.9. The molecule has 6 nitrogen and oxygen atoms in total. The van der Waals surface area contributed by atoms with Crippen LogP contribution in [0.2, 0.25) is 0 Å². The van der Waals surface area contributed by atoms with Crippen LogP contribution in [0.1, 0.15) is 32.2 Å². The molecule has 0 aliphatic heterocycles. The number of amides is 1. The van der Waals surface area contributed by atoms with Crippen LogP contribution in [-0.2, 0) is 11.4 Å². The number of carbonyl (C=O) groups is 1. The minimum Gasteiger partial charge on any atom is -0.485 e. The van der Waals surface area contributed by atoms with Crippen molar-refractivity contribution in [1.29, 1.82) is 0 Å². The molecular weight excluding hydrogens is 396 g/mol. The monoisotopic (exact) mass is 424 g/mol. The van der Waals surface area contributed by atoms with Gasteiger partial charge in [-0.2, -0.15) is 0 Å². The lowest BCUT2D eigenvalue weighted by Crippen LogP contribution is -2.37. The molecule has 0 bridgehead atoms. The lowest BCUT2D eigenvalue weighted by molar-refractivity contribution is -0.119. The van der Waals surface area contributed by atoms with Crippen molar-refractivity contribution in [2.75, 3.05) is 5.75 Å². The third-order valence-corrected chi connectivity index (χ3v) is 5.82. The Balaban J connectivity index is 1.77. The van der Waals surface area contributed by atoms with Crippen LogP contribution in [0.4, 0.5) is 0 Å². The van der Waals surface area contributed by atoms with E-state index in [1.807, 2.05) is 73.0 Å². The molecule has 0 saturated carbocycles. The van der Waals surface area contributed by atoms with Gasteiger partial charge in [0, 0.05) is 11.7 Å². The minimum absolute atomic E-state index is 0.0125. The Bertz CT molecular complexity index is 972.